The van der Waals surface area contributed by atoms with Crippen molar-refractivity contribution in [3.63, 3.8) is 0 Å². The molecule has 0 aliphatic carbocycles. The first-order chi connectivity index (χ1) is 17.3. The second kappa shape index (κ2) is 99.8. The molecule has 46 heteroatoms. The first kappa shape index (κ1) is 105. The molecule has 0 aliphatic rings. The Labute approximate surface area is 439 Å². The molecule has 0 fully saturated rings. The normalized spacial score (nSPS) is 5.54. The van der Waals surface area contributed by atoms with Gasteiger partial charge in [-0.2, -0.15) is 0 Å². The summed E-state index contributed by atoms with van der Waals surface area (Å²) in [7, 11) is 0. The van der Waals surface area contributed by atoms with Crippen LogP contribution in [-0.2, 0) is 314 Å². The fourth-order valence-electron chi connectivity index (χ4n) is 0. The summed E-state index contributed by atoms with van der Waals surface area (Å²) in [5.41, 5.74) is 0. The average Bonchev–Trinajstić information content (AvgIpc) is 2.47. The minimum Gasteiger partial charge on any atom is 2.00 e. The van der Waals surface area contributed by atoms with E-state index >= 15 is 0 Å². The van der Waals surface area contributed by atoms with Gasteiger partial charge in [0.2, 0.25) is 0 Å². The molecule has 0 atom stereocenters. The molecule has 0 heterocycles. The van der Waals surface area contributed by atoms with Gasteiger partial charge in [-0.05, 0) is 0 Å². The van der Waals surface area contributed by atoms with Crippen LogP contribution < -0.4 is 55.0 Å². The van der Waals surface area contributed by atoms with Gasteiger partial charge < -0.3 is 0 Å². The van der Waals surface area contributed by atoms with E-state index in [2.05, 4.69) is 0 Å². The maximum atomic E-state index is 8.60. The minimum absolute atomic E-state index is 0. The van der Waals surface area contributed by atoms with Crippen molar-refractivity contribution in [2.45, 2.75) is 0 Å². The summed E-state index contributed by atoms with van der Waals surface area (Å²) < 4.78 is 258. The van der Waals surface area contributed by atoms with Gasteiger partial charge in [0.25, 0.3) is 0 Å². The maximum absolute atomic E-state index is 8.60. The van der Waals surface area contributed by atoms with Gasteiger partial charge in [-0.15, -0.1) is 0 Å². The molecule has 0 aromatic rings. The third kappa shape index (κ3) is 1750. The van der Waals surface area contributed by atoms with Crippen LogP contribution >= 0.6 is 0 Å². The zero-order valence-corrected chi connectivity index (χ0v) is 56.1. The van der Waals surface area contributed by atoms with E-state index < -0.39 is 187 Å². The fraction of sp³-hybridized carbons (Fsp3) is 0. The molecule has 0 rings (SSSR count). The first-order valence-electron chi connectivity index (χ1n) is 5.80. The predicted molar refractivity (Wildman–Crippen MR) is 27.6 cm³/mol. The fourth-order valence-corrected chi connectivity index (χ4v) is 0. The molecule has 0 saturated carbocycles. The number of hydrogen-bond acceptors (Lipinski definition) is 30. The van der Waals surface area contributed by atoms with Crippen LogP contribution in [0.4, 0.5) is 0 Å². The van der Waals surface area contributed by atoms with E-state index in [-0.39, 0.29) is 159 Å². The van der Waals surface area contributed by atoms with Gasteiger partial charge in [0.05, 0.1) is 0 Å². The summed E-state index contributed by atoms with van der Waals surface area (Å²) in [6.45, 7) is 0. The molecule has 0 spiro atoms. The molecule has 0 saturated heterocycles. The van der Waals surface area contributed by atoms with Crippen LogP contribution in [0.25, 0.3) is 0 Å². The Morgan fingerprint density at radius 3 is 0.261 bits per heavy atom. The van der Waals surface area contributed by atoms with E-state index in [9.17, 15) is 0 Å². The van der Waals surface area contributed by atoms with Crippen LogP contribution in [0.15, 0.2) is 0 Å². The second-order valence-electron chi connectivity index (χ2n) is 2.37. The van der Waals surface area contributed by atoms with Gasteiger partial charge in [0, 0.05) is 0 Å². The van der Waals surface area contributed by atoms with Crippen molar-refractivity contribution in [3.05, 3.63) is 0 Å². The second-order valence-corrected chi connectivity index (χ2v) is 11.8. The van der Waals surface area contributed by atoms with Gasteiger partial charge in [0.15, 0.2) is 0 Å². The Hall–Kier alpha value is 9.05. The van der Waals surface area contributed by atoms with Crippen molar-refractivity contribution in [3.8, 4) is 0 Å². The largest absolute Gasteiger partial charge is 3.00 e. The van der Waals surface area contributed by atoms with Gasteiger partial charge in [-0.3, -0.25) is 0 Å². The smallest absolute Gasteiger partial charge is 2.00 e. The van der Waals surface area contributed by atoms with Crippen molar-refractivity contribution in [1.82, 2.24) is 0 Å². The van der Waals surface area contributed by atoms with Gasteiger partial charge in [-0.25, -0.2) is 0 Å². The van der Waals surface area contributed by atoms with E-state index in [4.69, 9.17) is 104 Å². The Morgan fingerprint density at radius 2 is 0.261 bits per heavy atom. The van der Waals surface area contributed by atoms with E-state index in [0.717, 1.165) is 0 Å². The van der Waals surface area contributed by atoms with Crippen molar-refractivity contribution in [2.75, 3.05) is 0 Å². The molecule has 6 radical (unpaired) electrons. The van der Waals surface area contributed by atoms with Crippen LogP contribution in [0.3, 0.4) is 0 Å². The standard InChI is InChI=1S/5Nb.30O.3Pb.3Sc.5Ti/q;;;;;;;;;;;;;;;;;;;;15*-1;3*+2;3*+3;;;;;. The first-order valence-corrected chi connectivity index (χ1v) is 28.8. The summed E-state index contributed by atoms with van der Waals surface area (Å²) >= 11 is -41.4. The molecule has 0 aliphatic heterocycles. The average molecular weight is 1940 g/mol. The quantitative estimate of drug-likeness (QED) is 0.203. The van der Waals surface area contributed by atoms with E-state index in [0.29, 0.717) is 0 Å². The molecule has 0 bridgehead atoms. The van der Waals surface area contributed by atoms with Crippen molar-refractivity contribution in [2.24, 2.45) is 0 Å². The molecule has 0 N–H and O–H groups in total. The van der Waals surface area contributed by atoms with E-state index in [1.807, 2.05) is 0 Å². The third-order valence-corrected chi connectivity index (χ3v) is 0. The number of rotatable bonds is 0. The monoisotopic (exact) mass is 1940 g/mol. The van der Waals surface area contributed by atoms with Crippen LogP contribution in [0.5, 0.6) is 0 Å². The van der Waals surface area contributed by atoms with E-state index in [1.54, 1.807) is 0 Å². The maximum Gasteiger partial charge on any atom is 3.00 e. The molecule has 0 unspecified atom stereocenters. The zero-order valence-electron chi connectivity index (χ0n) is 20.2. The van der Waals surface area contributed by atoms with Crippen LogP contribution in [0, 0.1) is 0 Å². The molecule has 30 nitrogen and oxygen atoms in total. The van der Waals surface area contributed by atoms with Gasteiger partial charge in [-0.1, -0.05) is 0 Å². The van der Waals surface area contributed by atoms with Crippen molar-refractivity contribution in [1.29, 1.82) is 0 Å². The zero-order chi connectivity index (χ0) is 35.8. The third-order valence-electron chi connectivity index (χ3n) is 0. The van der Waals surface area contributed by atoms with Crippen molar-refractivity contribution < 1.29 is 369 Å². The number of hydrogen-bond donors (Lipinski definition) is 0. The van der Waals surface area contributed by atoms with Gasteiger partial charge in [0.1, 0.15) is 0 Å². The molecule has 246 valence electrons. The van der Waals surface area contributed by atoms with Crippen LogP contribution in [0.2, 0.25) is 0 Å². The molecular formula is Nb5O30Pb3Sc3Ti5. The van der Waals surface area contributed by atoms with Crippen LogP contribution in [0.1, 0.15) is 0 Å². The minimum atomic E-state index is -4.20. The predicted octanol–water partition coefficient (Wildman–Crippen LogP) is -20.8. The summed E-state index contributed by atoms with van der Waals surface area (Å²) in [6, 6.07) is 0. The summed E-state index contributed by atoms with van der Waals surface area (Å²) in [4.78, 5) is 0. The Morgan fingerprint density at radius 1 is 0.261 bits per heavy atom. The Balaban J connectivity index is -0.0000000153. The SMILES string of the molecule is [O]=[Nb](=[O])[O-].[O]=[Nb](=[O])[O-].[O]=[Nb](=[O])[O-].[O]=[Nb](=[O])[O-].[O]=[Nb](=[O])[O-].[O]=[Ti]([O-])[O-].[O]=[Ti]([O-])[O-].[O]=[Ti]([O-])[O-].[O]=[Ti]([O-])[O-].[O]=[Ti]([O-])[O-].[Pb+2].[Pb+2].[Pb+2].[Sc+3].[Sc+3].[Sc+3]. The summed E-state index contributed by atoms with van der Waals surface area (Å²) in [5.74, 6) is 0. The Kier molecular flexibility index (Phi) is 229. The van der Waals surface area contributed by atoms with E-state index in [1.165, 1.54) is 0 Å². The molecule has 0 amide bonds. The molecular weight excluding hydrogens is 1940 g/mol. The summed E-state index contributed by atoms with van der Waals surface area (Å²) in [5, 5.41) is 0. The van der Waals surface area contributed by atoms with Crippen molar-refractivity contribution >= 4 is 81.9 Å². The van der Waals surface area contributed by atoms with Crippen LogP contribution in [-0.4, -0.2) is 81.9 Å². The summed E-state index contributed by atoms with van der Waals surface area (Å²) in [6.07, 6.45) is 0. The molecule has 0 aromatic carbocycles. The molecule has 46 heavy (non-hydrogen) atoms. The Bertz CT molecular complexity index is 770. The van der Waals surface area contributed by atoms with Gasteiger partial charge >= 0.3 is 451 Å². The topological polar surface area (TPSA) is 602 Å². The molecule has 0 aromatic heterocycles.